The summed E-state index contributed by atoms with van der Waals surface area (Å²) in [7, 11) is 0. The largest absolute Gasteiger partial charge is 0.367 e. The zero-order valence-electron chi connectivity index (χ0n) is 14.7. The van der Waals surface area contributed by atoms with Gasteiger partial charge >= 0.3 is 0 Å². The van der Waals surface area contributed by atoms with Crippen molar-refractivity contribution in [2.45, 2.75) is 51.5 Å². The maximum atomic E-state index is 13.7. The number of hydrogen-bond donors (Lipinski definition) is 2. The molecule has 0 spiro atoms. The van der Waals surface area contributed by atoms with Crippen molar-refractivity contribution in [3.8, 4) is 0 Å². The lowest BCUT2D eigenvalue weighted by molar-refractivity contribution is 0.102. The van der Waals surface area contributed by atoms with Gasteiger partial charge in [0.2, 0.25) is 0 Å². The van der Waals surface area contributed by atoms with Crippen LogP contribution >= 0.6 is 0 Å². The summed E-state index contributed by atoms with van der Waals surface area (Å²) in [6.45, 7) is 1.68. The molecule has 1 fully saturated rings. The smallest absolute Gasteiger partial charge is 0.274 e. The number of anilines is 2. The van der Waals surface area contributed by atoms with Gasteiger partial charge in [-0.15, -0.1) is 0 Å². The first-order valence-electron chi connectivity index (χ1n) is 8.90. The molecule has 1 aliphatic rings. The Bertz CT molecular complexity index is 769. The van der Waals surface area contributed by atoms with Gasteiger partial charge in [0.05, 0.1) is 0 Å². The molecule has 0 bridgehead atoms. The summed E-state index contributed by atoms with van der Waals surface area (Å²) in [4.78, 5) is 20.8. The fourth-order valence-corrected chi connectivity index (χ4v) is 3.19. The van der Waals surface area contributed by atoms with E-state index in [1.807, 2.05) is 0 Å². The molecule has 1 aromatic heterocycles. The SMILES string of the molecule is Cc1nc(NC2CCCCCC2)cc(C(=O)Nc2c(F)cccc2F)n1. The molecular formula is C19H22F2N4O. The summed E-state index contributed by atoms with van der Waals surface area (Å²) in [5.41, 5.74) is -0.414. The second-order valence-corrected chi connectivity index (χ2v) is 6.57. The van der Waals surface area contributed by atoms with Crippen molar-refractivity contribution < 1.29 is 13.6 Å². The van der Waals surface area contributed by atoms with Crippen molar-refractivity contribution in [2.24, 2.45) is 0 Å². The number of amides is 1. The minimum atomic E-state index is -0.832. The average Bonchev–Trinajstić information content (AvgIpc) is 2.86. The standard InChI is InChI=1S/C19H22F2N4O/c1-12-22-16(19(26)25-18-14(20)9-6-10-15(18)21)11-17(23-12)24-13-7-4-2-3-5-8-13/h6,9-11,13H,2-5,7-8H2,1H3,(H,25,26)(H,22,23,24). The number of halogens is 2. The van der Waals surface area contributed by atoms with Crippen molar-refractivity contribution in [3.63, 3.8) is 0 Å². The molecule has 7 heteroatoms. The van der Waals surface area contributed by atoms with E-state index in [0.717, 1.165) is 25.0 Å². The molecular weight excluding hydrogens is 338 g/mol. The minimum absolute atomic E-state index is 0.0660. The highest BCUT2D eigenvalue weighted by Gasteiger charge is 2.17. The highest BCUT2D eigenvalue weighted by molar-refractivity contribution is 6.03. The summed E-state index contributed by atoms with van der Waals surface area (Å²) >= 11 is 0. The maximum absolute atomic E-state index is 13.7. The fraction of sp³-hybridized carbons (Fsp3) is 0.421. The zero-order valence-corrected chi connectivity index (χ0v) is 14.7. The van der Waals surface area contributed by atoms with Crippen LogP contribution in [0.25, 0.3) is 0 Å². The molecule has 2 aromatic rings. The van der Waals surface area contributed by atoms with E-state index in [2.05, 4.69) is 20.6 Å². The summed E-state index contributed by atoms with van der Waals surface area (Å²) in [5.74, 6) is -1.36. The van der Waals surface area contributed by atoms with Crippen LogP contribution in [-0.2, 0) is 0 Å². The number of rotatable bonds is 4. The fourth-order valence-electron chi connectivity index (χ4n) is 3.19. The Kier molecular flexibility index (Phi) is 5.75. The van der Waals surface area contributed by atoms with Crippen molar-refractivity contribution >= 4 is 17.4 Å². The van der Waals surface area contributed by atoms with E-state index in [4.69, 9.17) is 0 Å². The molecule has 1 aliphatic carbocycles. The quantitative estimate of drug-likeness (QED) is 0.791. The second kappa shape index (κ2) is 8.21. The van der Waals surface area contributed by atoms with Gasteiger partial charge in [-0.2, -0.15) is 0 Å². The van der Waals surface area contributed by atoms with Crippen LogP contribution in [0.2, 0.25) is 0 Å². The van der Waals surface area contributed by atoms with Crippen LogP contribution in [0, 0.1) is 18.6 Å². The number of aryl methyl sites for hydroxylation is 1. The van der Waals surface area contributed by atoms with Crippen LogP contribution in [0.4, 0.5) is 20.3 Å². The second-order valence-electron chi connectivity index (χ2n) is 6.57. The van der Waals surface area contributed by atoms with Gasteiger partial charge < -0.3 is 10.6 Å². The van der Waals surface area contributed by atoms with Gasteiger partial charge in [0.1, 0.15) is 34.7 Å². The number of benzene rings is 1. The minimum Gasteiger partial charge on any atom is -0.367 e. The first-order valence-corrected chi connectivity index (χ1v) is 8.90. The maximum Gasteiger partial charge on any atom is 0.274 e. The third-order valence-electron chi connectivity index (χ3n) is 4.48. The molecule has 1 saturated carbocycles. The van der Waals surface area contributed by atoms with E-state index in [0.29, 0.717) is 17.7 Å². The topological polar surface area (TPSA) is 66.9 Å². The summed E-state index contributed by atoms with van der Waals surface area (Å²) in [6, 6.07) is 5.24. The third-order valence-corrected chi connectivity index (χ3v) is 4.48. The van der Waals surface area contributed by atoms with E-state index >= 15 is 0 Å². The van der Waals surface area contributed by atoms with Crippen LogP contribution in [0.5, 0.6) is 0 Å². The van der Waals surface area contributed by atoms with E-state index < -0.39 is 23.2 Å². The lowest BCUT2D eigenvalue weighted by atomic mass is 10.1. The molecule has 5 nitrogen and oxygen atoms in total. The van der Waals surface area contributed by atoms with Crippen LogP contribution in [0.15, 0.2) is 24.3 Å². The van der Waals surface area contributed by atoms with Crippen molar-refractivity contribution in [2.75, 3.05) is 10.6 Å². The van der Waals surface area contributed by atoms with E-state index in [9.17, 15) is 13.6 Å². The number of hydrogen-bond acceptors (Lipinski definition) is 4. The van der Waals surface area contributed by atoms with Crippen LogP contribution in [0.1, 0.15) is 54.8 Å². The molecule has 0 aliphatic heterocycles. The number of carbonyl (C=O) groups is 1. The average molecular weight is 360 g/mol. The molecule has 26 heavy (non-hydrogen) atoms. The number of nitrogens with zero attached hydrogens (tertiary/aromatic N) is 2. The molecule has 0 radical (unpaired) electrons. The van der Waals surface area contributed by atoms with E-state index in [1.54, 1.807) is 6.92 Å². The Labute approximate surface area is 151 Å². The molecule has 138 valence electrons. The molecule has 2 N–H and O–H groups in total. The lowest BCUT2D eigenvalue weighted by Crippen LogP contribution is -2.21. The predicted octanol–water partition coefficient (Wildman–Crippen LogP) is 4.45. The van der Waals surface area contributed by atoms with Gasteiger partial charge in [0, 0.05) is 12.1 Å². The first kappa shape index (κ1) is 18.2. The lowest BCUT2D eigenvalue weighted by Gasteiger charge is -2.17. The summed E-state index contributed by atoms with van der Waals surface area (Å²) in [6.07, 6.45) is 6.94. The predicted molar refractivity (Wildman–Crippen MR) is 96.2 cm³/mol. The number of nitrogens with one attached hydrogen (secondary N) is 2. The number of aromatic nitrogens is 2. The van der Waals surface area contributed by atoms with E-state index in [1.165, 1.54) is 37.8 Å². The van der Waals surface area contributed by atoms with Crippen LogP contribution < -0.4 is 10.6 Å². The van der Waals surface area contributed by atoms with Gasteiger partial charge in [0.25, 0.3) is 5.91 Å². The van der Waals surface area contributed by atoms with Crippen LogP contribution in [0.3, 0.4) is 0 Å². The number of para-hydroxylation sites is 1. The molecule has 1 amide bonds. The molecule has 0 atom stereocenters. The number of carbonyl (C=O) groups excluding carboxylic acids is 1. The summed E-state index contributed by atoms with van der Waals surface area (Å²) in [5, 5.41) is 5.62. The molecule has 1 aromatic carbocycles. The van der Waals surface area contributed by atoms with Gasteiger partial charge in [-0.05, 0) is 31.9 Å². The Morgan fingerprint density at radius 2 is 1.73 bits per heavy atom. The molecule has 1 heterocycles. The highest BCUT2D eigenvalue weighted by atomic mass is 19.1. The van der Waals surface area contributed by atoms with Gasteiger partial charge in [-0.1, -0.05) is 31.7 Å². The Hall–Kier alpha value is -2.57. The monoisotopic (exact) mass is 360 g/mol. The zero-order chi connectivity index (χ0) is 18.5. The molecule has 0 unspecified atom stereocenters. The van der Waals surface area contributed by atoms with Crippen molar-refractivity contribution in [1.82, 2.24) is 9.97 Å². The Balaban J connectivity index is 1.77. The summed E-state index contributed by atoms with van der Waals surface area (Å²) < 4.78 is 27.5. The Morgan fingerprint density at radius 3 is 2.38 bits per heavy atom. The Morgan fingerprint density at radius 1 is 1.08 bits per heavy atom. The molecule has 0 saturated heterocycles. The van der Waals surface area contributed by atoms with Gasteiger partial charge in [0.15, 0.2) is 0 Å². The van der Waals surface area contributed by atoms with Gasteiger partial charge in [-0.3, -0.25) is 4.79 Å². The first-order chi connectivity index (χ1) is 12.5. The molecule has 3 rings (SSSR count). The van der Waals surface area contributed by atoms with Crippen molar-refractivity contribution in [1.29, 1.82) is 0 Å². The third kappa shape index (κ3) is 4.53. The van der Waals surface area contributed by atoms with Gasteiger partial charge in [-0.25, -0.2) is 18.7 Å². The van der Waals surface area contributed by atoms with Crippen LogP contribution in [-0.4, -0.2) is 21.9 Å². The normalized spacial score (nSPS) is 15.3. The van der Waals surface area contributed by atoms with Crippen molar-refractivity contribution in [3.05, 3.63) is 47.4 Å². The highest BCUT2D eigenvalue weighted by Crippen LogP contribution is 2.22. The van der Waals surface area contributed by atoms with E-state index in [-0.39, 0.29) is 5.69 Å².